The average Bonchev–Trinajstić information content (AvgIpc) is 3.69. The maximum atomic E-state index is 9.89. The molecule has 4 heteroatoms. The summed E-state index contributed by atoms with van der Waals surface area (Å²) in [5, 5.41) is 17.2. The van der Waals surface area contributed by atoms with E-state index in [1.54, 1.807) is 0 Å². The first-order valence-corrected chi connectivity index (χ1v) is 24.4. The summed E-state index contributed by atoms with van der Waals surface area (Å²) in [5.41, 5.74) is 14.4. The van der Waals surface area contributed by atoms with Crippen LogP contribution in [0.25, 0.3) is 48.3 Å². The van der Waals surface area contributed by atoms with Gasteiger partial charge in [-0.2, -0.15) is 5.26 Å². The molecule has 0 aliphatic heterocycles. The fraction of sp³-hybridized carbons (Fsp3) is 0.231. The predicted molar refractivity (Wildman–Crippen MR) is 293 cm³/mol. The summed E-state index contributed by atoms with van der Waals surface area (Å²) >= 11 is 0. The van der Waals surface area contributed by atoms with Crippen molar-refractivity contribution in [3.8, 4) is 17.2 Å². The molecular formula is C65H60N4. The fourth-order valence-electron chi connectivity index (χ4n) is 12.1. The average molecular weight is 897 g/mol. The Hall–Kier alpha value is -7.66. The molecule has 0 amide bonds. The van der Waals surface area contributed by atoms with Crippen LogP contribution in [-0.2, 0) is 5.41 Å². The highest BCUT2D eigenvalue weighted by atomic mass is 15.1. The Morgan fingerprint density at radius 2 is 0.928 bits per heavy atom. The third-order valence-electron chi connectivity index (χ3n) is 14.9. The highest BCUT2D eigenvalue weighted by molar-refractivity contribution is 6.23. The molecule has 0 N–H and O–H groups in total. The summed E-state index contributed by atoms with van der Waals surface area (Å²) in [5.74, 6) is 0.816. The zero-order chi connectivity index (χ0) is 48.6. The van der Waals surface area contributed by atoms with Gasteiger partial charge in [-0.05, 0) is 162 Å². The molecule has 9 aromatic carbocycles. The molecule has 0 unspecified atom stereocenters. The molecule has 0 spiro atoms. The van der Waals surface area contributed by atoms with Crippen LogP contribution in [0.5, 0.6) is 0 Å². The normalized spacial score (nSPS) is 13.1. The Balaban J connectivity index is 1.31. The van der Waals surface area contributed by atoms with Gasteiger partial charge in [0, 0.05) is 39.2 Å². The van der Waals surface area contributed by atoms with Crippen molar-refractivity contribution in [1.29, 1.82) is 5.26 Å². The fourth-order valence-corrected chi connectivity index (χ4v) is 12.1. The van der Waals surface area contributed by atoms with E-state index >= 15 is 0 Å². The summed E-state index contributed by atoms with van der Waals surface area (Å²) in [6, 6.07) is 64.0. The minimum absolute atomic E-state index is 0.272. The molecule has 340 valence electrons. The molecule has 0 fully saturated rings. The number of fused-ring (bicyclic) bond motifs is 10. The molecule has 0 saturated carbocycles. The zero-order valence-corrected chi connectivity index (χ0v) is 41.6. The minimum Gasteiger partial charge on any atom is -0.311 e. The summed E-state index contributed by atoms with van der Waals surface area (Å²) in [6.07, 6.45) is 0. The van der Waals surface area contributed by atoms with Gasteiger partial charge in [0.15, 0.2) is 5.69 Å². The number of benzene rings is 9. The molecule has 0 aromatic heterocycles. The first-order chi connectivity index (χ1) is 33.1. The van der Waals surface area contributed by atoms with Crippen LogP contribution in [-0.4, -0.2) is 0 Å². The van der Waals surface area contributed by atoms with Gasteiger partial charge in [-0.3, -0.25) is 0 Å². The lowest BCUT2D eigenvalue weighted by Gasteiger charge is -2.53. The van der Waals surface area contributed by atoms with Crippen LogP contribution in [0, 0.1) is 28.7 Å². The molecule has 0 atom stereocenters. The maximum Gasteiger partial charge on any atom is 0.187 e. The monoisotopic (exact) mass is 896 g/mol. The Labute approximate surface area is 408 Å². The number of nitriles is 1. The molecule has 0 bridgehead atoms. The highest BCUT2D eigenvalue weighted by Gasteiger charge is 2.59. The van der Waals surface area contributed by atoms with E-state index < -0.39 is 5.41 Å². The van der Waals surface area contributed by atoms with Gasteiger partial charge in [-0.15, -0.1) is 0 Å². The number of hydrogen-bond acceptors (Lipinski definition) is 3. The summed E-state index contributed by atoms with van der Waals surface area (Å²) < 4.78 is 0. The van der Waals surface area contributed by atoms with Crippen molar-refractivity contribution in [2.24, 2.45) is 10.8 Å². The molecule has 69 heavy (non-hydrogen) atoms. The van der Waals surface area contributed by atoms with E-state index in [1.165, 1.54) is 65.7 Å². The van der Waals surface area contributed by atoms with E-state index in [0.717, 1.165) is 34.1 Å². The van der Waals surface area contributed by atoms with Crippen LogP contribution in [0.15, 0.2) is 170 Å². The van der Waals surface area contributed by atoms with Crippen LogP contribution < -0.4 is 9.80 Å². The van der Waals surface area contributed by atoms with Gasteiger partial charge in [0.25, 0.3) is 0 Å². The second-order valence-corrected chi connectivity index (χ2v) is 21.6. The van der Waals surface area contributed by atoms with E-state index in [9.17, 15) is 5.26 Å². The van der Waals surface area contributed by atoms with Crippen LogP contribution >= 0.6 is 0 Å². The number of rotatable bonds is 8. The van der Waals surface area contributed by atoms with Crippen molar-refractivity contribution in [2.75, 3.05) is 9.80 Å². The SMILES string of the molecule is [C-]#[N+]c1ccc(N(c2ccc(C(C)C)cc2)c2ccc3c4c(c5ccccc5c3c2)-c2c(cc(N(c3ccc(C#N)cc3)c3ccc(C(C)C)cc3)c3ccccc23)C4(C(C)(C)C)C(C)(C)C)cc1. The topological polar surface area (TPSA) is 34.6 Å². The maximum absolute atomic E-state index is 9.89. The second-order valence-electron chi connectivity index (χ2n) is 21.6. The quantitative estimate of drug-likeness (QED) is 0.113. The Morgan fingerprint density at radius 1 is 0.478 bits per heavy atom. The molecule has 1 aliphatic rings. The standard InChI is InChI=1S/C65H60N4/c1-41(2)44-22-30-47(31-23-44)68(48-34-26-46(67-11)27-35-48)51-36-37-56-57(38-51)52-16-12-14-18-54(52)61-60-55-19-15-13-17-53(55)59(39-58(60)65(62(56)61,63(5,6)7)64(8,9)10)69(49-28-20-43(40-66)21-29-49)50-32-24-45(25-33-50)42(3)4/h12-39,41-42H,1-10H3. The van der Waals surface area contributed by atoms with Crippen molar-refractivity contribution >= 4 is 72.1 Å². The van der Waals surface area contributed by atoms with E-state index in [0.29, 0.717) is 23.1 Å². The van der Waals surface area contributed by atoms with Gasteiger partial charge in [0.05, 0.1) is 23.9 Å². The highest BCUT2D eigenvalue weighted by Crippen LogP contribution is 2.69. The van der Waals surface area contributed by atoms with E-state index in [1.807, 2.05) is 24.3 Å². The third kappa shape index (κ3) is 7.16. The third-order valence-corrected chi connectivity index (χ3v) is 14.9. The van der Waals surface area contributed by atoms with Gasteiger partial charge in [0.1, 0.15) is 0 Å². The second kappa shape index (κ2) is 16.8. The lowest BCUT2D eigenvalue weighted by atomic mass is 9.49. The Morgan fingerprint density at radius 3 is 1.42 bits per heavy atom. The lowest BCUT2D eigenvalue weighted by Crippen LogP contribution is -2.50. The van der Waals surface area contributed by atoms with Crippen molar-refractivity contribution in [3.63, 3.8) is 0 Å². The minimum atomic E-state index is -0.493. The molecule has 4 nitrogen and oxygen atoms in total. The van der Waals surface area contributed by atoms with Crippen molar-refractivity contribution < 1.29 is 0 Å². The Bertz CT molecular complexity index is 3500. The largest absolute Gasteiger partial charge is 0.311 e. The van der Waals surface area contributed by atoms with E-state index in [4.69, 9.17) is 6.57 Å². The summed E-state index contributed by atoms with van der Waals surface area (Å²) in [7, 11) is 0. The van der Waals surface area contributed by atoms with E-state index in [2.05, 4.69) is 236 Å². The van der Waals surface area contributed by atoms with Crippen LogP contribution in [0.4, 0.5) is 39.8 Å². The van der Waals surface area contributed by atoms with Crippen molar-refractivity contribution in [1.82, 2.24) is 0 Å². The number of anilines is 6. The molecule has 1 aliphatic carbocycles. The molecular weight excluding hydrogens is 837 g/mol. The number of hydrogen-bond donors (Lipinski definition) is 0. The molecule has 0 saturated heterocycles. The lowest BCUT2D eigenvalue weighted by molar-refractivity contribution is 0.0965. The smallest absolute Gasteiger partial charge is 0.187 e. The van der Waals surface area contributed by atoms with Crippen LogP contribution in [0.3, 0.4) is 0 Å². The summed E-state index contributed by atoms with van der Waals surface area (Å²) in [4.78, 5) is 8.46. The molecule has 0 heterocycles. The van der Waals surface area contributed by atoms with Crippen LogP contribution in [0.2, 0.25) is 0 Å². The van der Waals surface area contributed by atoms with Gasteiger partial charge in [-0.25, -0.2) is 4.85 Å². The molecule has 0 radical (unpaired) electrons. The predicted octanol–water partition coefficient (Wildman–Crippen LogP) is 19.1. The van der Waals surface area contributed by atoms with E-state index in [-0.39, 0.29) is 10.8 Å². The zero-order valence-electron chi connectivity index (χ0n) is 41.6. The first kappa shape index (κ1) is 45.1. The van der Waals surface area contributed by atoms with Crippen molar-refractivity contribution in [3.05, 3.63) is 209 Å². The molecule has 9 aromatic rings. The van der Waals surface area contributed by atoms with Gasteiger partial charge in [-0.1, -0.05) is 160 Å². The van der Waals surface area contributed by atoms with Crippen molar-refractivity contribution in [2.45, 2.75) is 86.5 Å². The number of nitrogens with zero attached hydrogens (tertiary/aromatic N) is 4. The summed E-state index contributed by atoms with van der Waals surface area (Å²) in [6.45, 7) is 31.3. The first-order valence-electron chi connectivity index (χ1n) is 24.4. The van der Waals surface area contributed by atoms with Gasteiger partial charge < -0.3 is 9.80 Å². The van der Waals surface area contributed by atoms with Crippen LogP contribution in [0.1, 0.15) is 109 Å². The van der Waals surface area contributed by atoms with Gasteiger partial charge >= 0.3 is 0 Å². The van der Waals surface area contributed by atoms with Gasteiger partial charge in [0.2, 0.25) is 0 Å². The Kier molecular flexibility index (Phi) is 11.0. The molecule has 10 rings (SSSR count).